The van der Waals surface area contributed by atoms with E-state index in [1.54, 1.807) is 29.2 Å². The summed E-state index contributed by atoms with van der Waals surface area (Å²) in [6.07, 6.45) is 2.60. The van der Waals surface area contributed by atoms with E-state index in [1.165, 1.54) is 6.20 Å². The maximum Gasteiger partial charge on any atom is 0.252 e. The Balaban J connectivity index is 1.50. The van der Waals surface area contributed by atoms with Crippen molar-refractivity contribution >= 4 is 40.8 Å². The zero-order valence-electron chi connectivity index (χ0n) is 15.8. The predicted octanol–water partition coefficient (Wildman–Crippen LogP) is 3.19. The van der Waals surface area contributed by atoms with Gasteiger partial charge < -0.3 is 10.0 Å². The third-order valence-corrected chi connectivity index (χ3v) is 6.82. The molecule has 1 aromatic carbocycles. The maximum absolute atomic E-state index is 14.5. The number of aromatic nitrogens is 1. The smallest absolute Gasteiger partial charge is 0.252 e. The van der Waals surface area contributed by atoms with E-state index in [0.29, 0.717) is 24.3 Å². The van der Waals surface area contributed by atoms with Crippen LogP contribution in [0.5, 0.6) is 0 Å². The van der Waals surface area contributed by atoms with Gasteiger partial charge in [-0.2, -0.15) is 0 Å². The highest BCUT2D eigenvalue weighted by Gasteiger charge is 2.73. The number of carbonyl (C=O) groups excluding carboxylic acids is 2. The number of aliphatic hydroxyl groups is 1. The van der Waals surface area contributed by atoms with E-state index in [2.05, 4.69) is 4.98 Å². The Kier molecular flexibility index (Phi) is 4.36. The largest absolute Gasteiger partial charge is 0.390 e. The van der Waals surface area contributed by atoms with Crippen molar-refractivity contribution in [2.24, 2.45) is 5.41 Å². The van der Waals surface area contributed by atoms with Crippen molar-refractivity contribution in [2.75, 3.05) is 11.4 Å². The lowest BCUT2D eigenvalue weighted by Gasteiger charge is -2.71. The summed E-state index contributed by atoms with van der Waals surface area (Å²) in [5.74, 6) is -1.66. The summed E-state index contributed by atoms with van der Waals surface area (Å²) in [7, 11) is 0. The van der Waals surface area contributed by atoms with Crippen molar-refractivity contribution in [3.8, 4) is 0 Å². The second kappa shape index (κ2) is 6.64. The van der Waals surface area contributed by atoms with Crippen molar-refractivity contribution in [1.29, 1.82) is 0 Å². The standard InChI is InChI=1S/C21H18Cl2FN3O3/c22-13-3-1-12(2-4-13)7-26-16(28)8-27(18-15(24)5-14(23)6-25-18)19(29)17(26)20-9-21(30,10-20)11-20/h1-6,17,30H,7-11H2/t17-,20?,21?/m0/s1. The Morgan fingerprint density at radius 3 is 2.40 bits per heavy atom. The van der Waals surface area contributed by atoms with Gasteiger partial charge in [0.1, 0.15) is 12.6 Å². The average molecular weight is 450 g/mol. The monoisotopic (exact) mass is 449 g/mol. The van der Waals surface area contributed by atoms with E-state index < -0.39 is 22.9 Å². The Morgan fingerprint density at radius 2 is 1.80 bits per heavy atom. The number of carbonyl (C=O) groups is 2. The first-order valence-corrected chi connectivity index (χ1v) is 10.3. The summed E-state index contributed by atoms with van der Waals surface area (Å²) in [5, 5.41) is 10.9. The highest BCUT2D eigenvalue weighted by atomic mass is 35.5. The molecule has 1 atom stereocenters. The van der Waals surface area contributed by atoms with E-state index in [-0.39, 0.29) is 35.7 Å². The van der Waals surface area contributed by atoms with Gasteiger partial charge in [0, 0.05) is 23.2 Å². The third-order valence-electron chi connectivity index (χ3n) is 6.36. The van der Waals surface area contributed by atoms with Gasteiger partial charge in [-0.3, -0.25) is 14.5 Å². The molecular formula is C21H18Cl2FN3O3. The summed E-state index contributed by atoms with van der Waals surface area (Å²) >= 11 is 11.7. The van der Waals surface area contributed by atoms with Crippen LogP contribution in [0, 0.1) is 11.2 Å². The summed E-state index contributed by atoms with van der Waals surface area (Å²) in [5.41, 5.74) is -0.406. The molecule has 3 saturated carbocycles. The number of benzene rings is 1. The minimum Gasteiger partial charge on any atom is -0.390 e. The lowest BCUT2D eigenvalue weighted by molar-refractivity contribution is -0.280. The molecule has 2 amide bonds. The second-order valence-corrected chi connectivity index (χ2v) is 9.42. The molecule has 0 spiro atoms. The number of piperazine rings is 1. The number of anilines is 1. The van der Waals surface area contributed by atoms with Gasteiger partial charge >= 0.3 is 0 Å². The molecule has 1 N–H and O–H groups in total. The van der Waals surface area contributed by atoms with Gasteiger partial charge in [-0.05, 0) is 43.0 Å². The van der Waals surface area contributed by atoms with Crippen LogP contribution >= 0.6 is 23.2 Å². The molecule has 156 valence electrons. The molecular weight excluding hydrogens is 432 g/mol. The van der Waals surface area contributed by atoms with Gasteiger partial charge in [-0.25, -0.2) is 9.37 Å². The van der Waals surface area contributed by atoms with Crippen LogP contribution in [-0.2, 0) is 16.1 Å². The molecule has 2 aromatic rings. The van der Waals surface area contributed by atoms with Gasteiger partial charge in [-0.15, -0.1) is 0 Å². The van der Waals surface area contributed by atoms with Gasteiger partial charge in [0.15, 0.2) is 11.6 Å². The van der Waals surface area contributed by atoms with Gasteiger partial charge in [0.05, 0.1) is 10.6 Å². The van der Waals surface area contributed by atoms with Crippen LogP contribution in [0.4, 0.5) is 10.2 Å². The number of hydrogen-bond donors (Lipinski definition) is 1. The lowest BCUT2D eigenvalue weighted by Crippen LogP contribution is -2.78. The minimum absolute atomic E-state index is 0.106. The van der Waals surface area contributed by atoms with Crippen molar-refractivity contribution in [3.63, 3.8) is 0 Å². The van der Waals surface area contributed by atoms with Crippen molar-refractivity contribution < 1.29 is 19.1 Å². The number of pyridine rings is 1. The van der Waals surface area contributed by atoms with Crippen molar-refractivity contribution in [3.05, 3.63) is 58.0 Å². The quantitative estimate of drug-likeness (QED) is 0.777. The fourth-order valence-corrected chi connectivity index (χ4v) is 5.44. The fourth-order valence-electron chi connectivity index (χ4n) is 5.17. The summed E-state index contributed by atoms with van der Waals surface area (Å²) in [6, 6.07) is 7.34. The number of rotatable bonds is 4. The molecule has 6 nitrogen and oxygen atoms in total. The molecule has 4 fully saturated rings. The molecule has 30 heavy (non-hydrogen) atoms. The van der Waals surface area contributed by atoms with E-state index in [9.17, 15) is 19.1 Å². The predicted molar refractivity (Wildman–Crippen MR) is 109 cm³/mol. The molecule has 1 aromatic heterocycles. The molecule has 4 aliphatic rings. The number of halogens is 3. The molecule has 9 heteroatoms. The lowest BCUT2D eigenvalue weighted by atomic mass is 9.38. The Bertz CT molecular complexity index is 1040. The van der Waals surface area contributed by atoms with Crippen LogP contribution in [0.3, 0.4) is 0 Å². The zero-order valence-corrected chi connectivity index (χ0v) is 17.3. The van der Waals surface area contributed by atoms with Gasteiger partial charge in [0.25, 0.3) is 5.91 Å². The highest BCUT2D eigenvalue weighted by molar-refractivity contribution is 6.30. The summed E-state index contributed by atoms with van der Waals surface area (Å²) in [6.45, 7) is -0.0776. The van der Waals surface area contributed by atoms with E-state index in [0.717, 1.165) is 16.5 Å². The van der Waals surface area contributed by atoms with Crippen LogP contribution in [0.25, 0.3) is 0 Å². The van der Waals surface area contributed by atoms with Crippen LogP contribution in [0.1, 0.15) is 24.8 Å². The van der Waals surface area contributed by atoms with Crippen molar-refractivity contribution in [1.82, 2.24) is 9.88 Å². The number of amides is 2. The number of hydrogen-bond acceptors (Lipinski definition) is 4. The topological polar surface area (TPSA) is 73.7 Å². The summed E-state index contributed by atoms with van der Waals surface area (Å²) < 4.78 is 14.5. The minimum atomic E-state index is -0.791. The number of nitrogens with zero attached hydrogens (tertiary/aromatic N) is 3. The summed E-state index contributed by atoms with van der Waals surface area (Å²) in [4.78, 5) is 33.3. The first-order chi connectivity index (χ1) is 14.2. The molecule has 0 unspecified atom stereocenters. The molecule has 3 aliphatic carbocycles. The van der Waals surface area contributed by atoms with E-state index >= 15 is 0 Å². The highest BCUT2D eigenvalue weighted by Crippen LogP contribution is 2.70. The van der Waals surface area contributed by atoms with Crippen LogP contribution in [0.2, 0.25) is 10.0 Å². The molecule has 6 rings (SSSR count). The van der Waals surface area contributed by atoms with Gasteiger partial charge in [-0.1, -0.05) is 35.3 Å². The Hall–Kier alpha value is -2.22. The molecule has 2 heterocycles. The van der Waals surface area contributed by atoms with Gasteiger partial charge in [0.2, 0.25) is 5.91 Å². The average Bonchev–Trinajstić information content (AvgIpc) is 2.64. The SMILES string of the molecule is O=C1[C@@H](C23CC(O)(C2)C3)N(Cc2ccc(Cl)cc2)C(=O)CN1c1ncc(Cl)cc1F. The molecule has 1 aliphatic heterocycles. The second-order valence-electron chi connectivity index (χ2n) is 8.55. The normalized spacial score (nSPS) is 30.2. The first-order valence-electron chi connectivity index (χ1n) is 9.59. The van der Waals surface area contributed by atoms with E-state index in [4.69, 9.17) is 23.2 Å². The maximum atomic E-state index is 14.5. The van der Waals surface area contributed by atoms with Crippen LogP contribution < -0.4 is 4.90 Å². The Labute approximate surface area is 182 Å². The molecule has 0 radical (unpaired) electrons. The van der Waals surface area contributed by atoms with Crippen molar-refractivity contribution in [2.45, 2.75) is 37.5 Å². The Morgan fingerprint density at radius 1 is 1.13 bits per heavy atom. The zero-order chi connectivity index (χ0) is 21.3. The molecule has 2 bridgehead atoms. The third kappa shape index (κ3) is 2.99. The fraction of sp³-hybridized carbons (Fsp3) is 0.381. The first kappa shape index (κ1) is 19.7. The van der Waals surface area contributed by atoms with Crippen LogP contribution in [0.15, 0.2) is 36.5 Å². The van der Waals surface area contributed by atoms with Crippen LogP contribution in [-0.4, -0.2) is 45.0 Å². The van der Waals surface area contributed by atoms with E-state index in [1.807, 2.05) is 0 Å². The molecule has 1 saturated heterocycles.